The van der Waals surface area contributed by atoms with Crippen molar-refractivity contribution in [2.75, 3.05) is 17.6 Å². The second kappa shape index (κ2) is 6.12. The molecule has 7 heteroatoms. The van der Waals surface area contributed by atoms with Gasteiger partial charge in [-0.15, -0.1) is 0 Å². The molecule has 0 bridgehead atoms. The smallest absolute Gasteiger partial charge is 0.241 e. The summed E-state index contributed by atoms with van der Waals surface area (Å²) in [6.45, 7) is 5.24. The summed E-state index contributed by atoms with van der Waals surface area (Å²) >= 11 is 0. The zero-order valence-corrected chi connectivity index (χ0v) is 11.2. The summed E-state index contributed by atoms with van der Waals surface area (Å²) in [5, 5.41) is 3.17. The first-order valence-corrected chi connectivity index (χ1v) is 6.39. The zero-order chi connectivity index (χ0) is 13.7. The van der Waals surface area contributed by atoms with Crippen LogP contribution in [0.5, 0.6) is 0 Å². The molecule has 7 nitrogen and oxygen atoms in total. The first-order chi connectivity index (χ1) is 9.15. The number of nitrogens with one attached hydrogen (secondary N) is 1. The third kappa shape index (κ3) is 3.90. The van der Waals surface area contributed by atoms with Crippen LogP contribution >= 0.6 is 0 Å². The number of nitrogens with zero attached hydrogens (tertiary/aromatic N) is 5. The molecular formula is C12H19N7. The molecule has 102 valence electrons. The quantitative estimate of drug-likeness (QED) is 0.765. The van der Waals surface area contributed by atoms with Crippen LogP contribution in [-0.4, -0.2) is 31.0 Å². The van der Waals surface area contributed by atoms with Crippen molar-refractivity contribution in [3.05, 3.63) is 18.7 Å². The van der Waals surface area contributed by atoms with Crippen LogP contribution in [0.2, 0.25) is 0 Å². The van der Waals surface area contributed by atoms with E-state index in [9.17, 15) is 0 Å². The summed E-state index contributed by atoms with van der Waals surface area (Å²) in [4.78, 5) is 16.4. The molecule has 0 spiro atoms. The van der Waals surface area contributed by atoms with Crippen LogP contribution in [0.4, 0.5) is 11.9 Å². The van der Waals surface area contributed by atoms with Gasteiger partial charge >= 0.3 is 0 Å². The maximum atomic E-state index is 5.68. The van der Waals surface area contributed by atoms with E-state index in [1.54, 1.807) is 23.3 Å². The van der Waals surface area contributed by atoms with Crippen LogP contribution in [0.1, 0.15) is 26.7 Å². The molecule has 19 heavy (non-hydrogen) atoms. The first kappa shape index (κ1) is 13.3. The molecule has 0 unspecified atom stereocenters. The Morgan fingerprint density at radius 2 is 2.16 bits per heavy atom. The second-order valence-electron chi connectivity index (χ2n) is 4.75. The van der Waals surface area contributed by atoms with Crippen LogP contribution in [0, 0.1) is 5.92 Å². The number of nitrogen functional groups attached to an aromatic ring is 1. The molecule has 0 fully saturated rings. The van der Waals surface area contributed by atoms with Gasteiger partial charge < -0.3 is 11.1 Å². The Labute approximate surface area is 112 Å². The van der Waals surface area contributed by atoms with Gasteiger partial charge in [0.05, 0.1) is 0 Å². The van der Waals surface area contributed by atoms with Crippen LogP contribution in [-0.2, 0) is 0 Å². The molecule has 2 aromatic rings. The van der Waals surface area contributed by atoms with Crippen molar-refractivity contribution in [2.45, 2.75) is 26.7 Å². The first-order valence-electron chi connectivity index (χ1n) is 6.39. The maximum Gasteiger partial charge on any atom is 0.241 e. The molecule has 0 aliphatic heterocycles. The minimum absolute atomic E-state index is 0.199. The lowest BCUT2D eigenvalue weighted by molar-refractivity contribution is 0.566. The number of hydrogen-bond donors (Lipinski definition) is 2. The normalized spacial score (nSPS) is 10.9. The fourth-order valence-corrected chi connectivity index (χ4v) is 1.66. The average molecular weight is 261 g/mol. The second-order valence-corrected chi connectivity index (χ2v) is 4.75. The Morgan fingerprint density at radius 3 is 2.84 bits per heavy atom. The molecule has 3 N–H and O–H groups in total. The molecule has 2 rings (SSSR count). The summed E-state index contributed by atoms with van der Waals surface area (Å²) in [5.41, 5.74) is 5.68. The third-order valence-corrected chi connectivity index (χ3v) is 2.62. The van der Waals surface area contributed by atoms with Crippen molar-refractivity contribution in [3.8, 4) is 5.95 Å². The van der Waals surface area contributed by atoms with Crippen LogP contribution < -0.4 is 11.1 Å². The van der Waals surface area contributed by atoms with Gasteiger partial charge in [-0.3, -0.25) is 4.57 Å². The van der Waals surface area contributed by atoms with Gasteiger partial charge in [0.1, 0.15) is 6.33 Å². The van der Waals surface area contributed by atoms with E-state index in [1.165, 1.54) is 6.42 Å². The highest BCUT2D eigenvalue weighted by atomic mass is 15.3. The summed E-state index contributed by atoms with van der Waals surface area (Å²) in [5.74, 6) is 1.87. The van der Waals surface area contributed by atoms with E-state index in [4.69, 9.17) is 5.73 Å². The van der Waals surface area contributed by atoms with Gasteiger partial charge in [-0.2, -0.15) is 15.0 Å². The van der Waals surface area contributed by atoms with Gasteiger partial charge in [-0.25, -0.2) is 4.98 Å². The molecule has 2 aromatic heterocycles. The minimum atomic E-state index is 0.199. The Bertz CT molecular complexity index is 507. The number of imidazole rings is 1. The lowest BCUT2D eigenvalue weighted by atomic mass is 10.1. The van der Waals surface area contributed by atoms with Crippen molar-refractivity contribution < 1.29 is 0 Å². The van der Waals surface area contributed by atoms with Crippen molar-refractivity contribution in [3.63, 3.8) is 0 Å². The van der Waals surface area contributed by atoms with E-state index in [2.05, 4.69) is 39.1 Å². The van der Waals surface area contributed by atoms with Crippen molar-refractivity contribution in [1.82, 2.24) is 24.5 Å². The van der Waals surface area contributed by atoms with Gasteiger partial charge in [0.25, 0.3) is 0 Å². The number of anilines is 2. The van der Waals surface area contributed by atoms with Crippen LogP contribution in [0.3, 0.4) is 0 Å². The highest BCUT2D eigenvalue weighted by Crippen LogP contribution is 2.08. The molecule has 2 heterocycles. The zero-order valence-electron chi connectivity index (χ0n) is 11.2. The van der Waals surface area contributed by atoms with E-state index < -0.39 is 0 Å². The summed E-state index contributed by atoms with van der Waals surface area (Å²) in [7, 11) is 0. The van der Waals surface area contributed by atoms with Crippen LogP contribution in [0.15, 0.2) is 18.7 Å². The van der Waals surface area contributed by atoms with E-state index in [1.807, 2.05) is 0 Å². The van der Waals surface area contributed by atoms with Gasteiger partial charge in [0.2, 0.25) is 17.8 Å². The summed E-state index contributed by atoms with van der Waals surface area (Å²) in [6, 6.07) is 0. The highest BCUT2D eigenvalue weighted by Gasteiger charge is 2.05. The van der Waals surface area contributed by atoms with Crippen molar-refractivity contribution in [2.24, 2.45) is 5.92 Å². The molecular weight excluding hydrogens is 242 g/mol. The largest absolute Gasteiger partial charge is 0.368 e. The lowest BCUT2D eigenvalue weighted by Crippen LogP contribution is -2.11. The molecule has 0 aliphatic rings. The number of hydrogen-bond acceptors (Lipinski definition) is 6. The number of nitrogens with two attached hydrogens (primary N) is 1. The van der Waals surface area contributed by atoms with E-state index in [0.29, 0.717) is 17.8 Å². The summed E-state index contributed by atoms with van der Waals surface area (Å²) < 4.78 is 1.69. The standard InChI is InChI=1S/C12H19N7/c1-9(2)4-3-5-15-11-16-10(13)17-12(18-11)19-7-6-14-8-19/h6-9H,3-5H2,1-2H3,(H3,13,15,16,17,18). The predicted octanol–water partition coefficient (Wildman–Crippen LogP) is 1.49. The van der Waals surface area contributed by atoms with Gasteiger partial charge in [0.15, 0.2) is 0 Å². The van der Waals surface area contributed by atoms with Gasteiger partial charge in [-0.1, -0.05) is 13.8 Å². The fourth-order valence-electron chi connectivity index (χ4n) is 1.66. The van der Waals surface area contributed by atoms with E-state index >= 15 is 0 Å². The monoisotopic (exact) mass is 261 g/mol. The van der Waals surface area contributed by atoms with E-state index in [0.717, 1.165) is 13.0 Å². The number of rotatable bonds is 6. The molecule has 0 aliphatic carbocycles. The molecule has 0 radical (unpaired) electrons. The van der Waals surface area contributed by atoms with Crippen LogP contribution in [0.25, 0.3) is 5.95 Å². The number of aromatic nitrogens is 5. The minimum Gasteiger partial charge on any atom is -0.368 e. The molecule has 0 atom stereocenters. The Morgan fingerprint density at radius 1 is 1.32 bits per heavy atom. The SMILES string of the molecule is CC(C)CCCNc1nc(N)nc(-n2ccnc2)n1. The summed E-state index contributed by atoms with van der Waals surface area (Å²) in [6.07, 6.45) is 7.29. The predicted molar refractivity (Wildman–Crippen MR) is 73.9 cm³/mol. The van der Waals surface area contributed by atoms with Crippen molar-refractivity contribution >= 4 is 11.9 Å². The average Bonchev–Trinajstić information content (AvgIpc) is 2.87. The maximum absolute atomic E-state index is 5.68. The fraction of sp³-hybridized carbons (Fsp3) is 0.500. The topological polar surface area (TPSA) is 94.5 Å². The Hall–Kier alpha value is -2.18. The van der Waals surface area contributed by atoms with E-state index in [-0.39, 0.29) is 5.95 Å². The Kier molecular flexibility index (Phi) is 4.27. The highest BCUT2D eigenvalue weighted by molar-refractivity contribution is 5.34. The Balaban J connectivity index is 2.01. The molecule has 0 saturated heterocycles. The van der Waals surface area contributed by atoms with Gasteiger partial charge in [0, 0.05) is 18.9 Å². The van der Waals surface area contributed by atoms with Crippen molar-refractivity contribution in [1.29, 1.82) is 0 Å². The molecule has 0 saturated carbocycles. The third-order valence-electron chi connectivity index (χ3n) is 2.62. The van der Waals surface area contributed by atoms with Gasteiger partial charge in [-0.05, 0) is 18.8 Å². The molecule has 0 amide bonds. The lowest BCUT2D eigenvalue weighted by Gasteiger charge is -2.08. The molecule has 0 aromatic carbocycles.